The van der Waals surface area contributed by atoms with E-state index in [1.54, 1.807) is 20.8 Å². The Morgan fingerprint density at radius 1 is 1.39 bits per heavy atom. The van der Waals surface area contributed by atoms with Gasteiger partial charge in [-0.3, -0.25) is 9.59 Å². The molecule has 0 saturated heterocycles. The lowest BCUT2D eigenvalue weighted by molar-refractivity contribution is -0.147. The summed E-state index contributed by atoms with van der Waals surface area (Å²) in [6.07, 6.45) is 0.441. The number of nitrogens with one attached hydrogen (secondary N) is 2. The van der Waals surface area contributed by atoms with Crippen molar-refractivity contribution in [3.63, 3.8) is 0 Å². The molecule has 0 aromatic heterocycles. The first-order valence-corrected chi connectivity index (χ1v) is 5.77. The van der Waals surface area contributed by atoms with Crippen LogP contribution in [0.25, 0.3) is 0 Å². The van der Waals surface area contributed by atoms with E-state index in [0.717, 1.165) is 0 Å². The summed E-state index contributed by atoms with van der Waals surface area (Å²) in [6.45, 7) is 4.96. The van der Waals surface area contributed by atoms with E-state index in [-0.39, 0.29) is 19.0 Å². The molecule has 0 spiro atoms. The number of hydrogen-bond donors (Lipinski definition) is 4. The van der Waals surface area contributed by atoms with Gasteiger partial charge in [0.1, 0.15) is 0 Å². The standard InChI is InChI=1S/C11H21N3O4/c1-4-11(3,9(16)17)6-13-10(18)14-7(2)5-8(12)15/h7H,4-6H2,1-3H3,(H2,12,15)(H,16,17)(H2,13,14,18). The number of aliphatic carboxylic acids is 1. The minimum atomic E-state index is -0.996. The zero-order valence-corrected chi connectivity index (χ0v) is 10.9. The van der Waals surface area contributed by atoms with Crippen LogP contribution in [0.2, 0.25) is 0 Å². The maximum atomic E-state index is 11.5. The van der Waals surface area contributed by atoms with Crippen molar-refractivity contribution in [2.24, 2.45) is 11.1 Å². The van der Waals surface area contributed by atoms with E-state index in [0.29, 0.717) is 6.42 Å². The van der Waals surface area contributed by atoms with Crippen molar-refractivity contribution in [1.82, 2.24) is 10.6 Å². The molecule has 2 atom stereocenters. The van der Waals surface area contributed by atoms with Gasteiger partial charge in [-0.1, -0.05) is 6.92 Å². The number of primary amides is 1. The molecule has 0 aromatic carbocycles. The van der Waals surface area contributed by atoms with Crippen molar-refractivity contribution in [1.29, 1.82) is 0 Å². The van der Waals surface area contributed by atoms with Gasteiger partial charge in [0.25, 0.3) is 0 Å². The molecule has 0 rings (SSSR count). The van der Waals surface area contributed by atoms with E-state index >= 15 is 0 Å². The van der Waals surface area contributed by atoms with Gasteiger partial charge in [0.15, 0.2) is 0 Å². The number of carbonyl (C=O) groups is 3. The van der Waals surface area contributed by atoms with Crippen LogP contribution in [0, 0.1) is 5.41 Å². The van der Waals surface area contributed by atoms with Crippen LogP contribution in [0.15, 0.2) is 0 Å². The van der Waals surface area contributed by atoms with Crippen LogP contribution < -0.4 is 16.4 Å². The van der Waals surface area contributed by atoms with E-state index in [9.17, 15) is 14.4 Å². The van der Waals surface area contributed by atoms with Gasteiger partial charge in [-0.15, -0.1) is 0 Å². The Kier molecular flexibility index (Phi) is 6.15. The monoisotopic (exact) mass is 259 g/mol. The lowest BCUT2D eigenvalue weighted by Gasteiger charge is -2.23. The van der Waals surface area contributed by atoms with E-state index in [4.69, 9.17) is 10.8 Å². The number of amides is 3. The largest absolute Gasteiger partial charge is 0.481 e. The van der Waals surface area contributed by atoms with Crippen LogP contribution in [0.1, 0.15) is 33.6 Å². The van der Waals surface area contributed by atoms with Crippen LogP contribution in [-0.2, 0) is 9.59 Å². The molecule has 0 heterocycles. The molecule has 0 aliphatic carbocycles. The topological polar surface area (TPSA) is 122 Å². The van der Waals surface area contributed by atoms with Crippen molar-refractivity contribution in [3.8, 4) is 0 Å². The Balaban J connectivity index is 4.18. The number of nitrogens with two attached hydrogens (primary N) is 1. The molecule has 5 N–H and O–H groups in total. The second-order valence-corrected chi connectivity index (χ2v) is 4.62. The number of urea groups is 1. The van der Waals surface area contributed by atoms with E-state index in [2.05, 4.69) is 10.6 Å². The van der Waals surface area contributed by atoms with Crippen molar-refractivity contribution in [3.05, 3.63) is 0 Å². The Morgan fingerprint density at radius 2 is 1.94 bits per heavy atom. The minimum absolute atomic E-state index is 0.0218. The lowest BCUT2D eigenvalue weighted by atomic mass is 9.88. The van der Waals surface area contributed by atoms with Gasteiger partial charge in [-0.25, -0.2) is 4.79 Å². The molecule has 7 heteroatoms. The van der Waals surface area contributed by atoms with Gasteiger partial charge in [-0.2, -0.15) is 0 Å². The van der Waals surface area contributed by atoms with Crippen molar-refractivity contribution < 1.29 is 19.5 Å². The molecular weight excluding hydrogens is 238 g/mol. The Bertz CT molecular complexity index is 332. The van der Waals surface area contributed by atoms with Gasteiger partial charge in [-0.05, 0) is 20.3 Å². The molecule has 7 nitrogen and oxygen atoms in total. The average Bonchev–Trinajstić information content (AvgIpc) is 2.24. The molecular formula is C11H21N3O4. The fraction of sp³-hybridized carbons (Fsp3) is 0.727. The zero-order valence-electron chi connectivity index (χ0n) is 10.9. The highest BCUT2D eigenvalue weighted by atomic mass is 16.4. The van der Waals surface area contributed by atoms with E-state index in [1.807, 2.05) is 0 Å². The van der Waals surface area contributed by atoms with Crippen molar-refractivity contribution in [2.75, 3.05) is 6.54 Å². The van der Waals surface area contributed by atoms with E-state index < -0.39 is 23.3 Å². The first-order chi connectivity index (χ1) is 8.21. The summed E-state index contributed by atoms with van der Waals surface area (Å²) in [5, 5.41) is 14.0. The summed E-state index contributed by atoms with van der Waals surface area (Å²) in [7, 11) is 0. The second-order valence-electron chi connectivity index (χ2n) is 4.62. The van der Waals surface area contributed by atoms with Crippen LogP contribution in [0.4, 0.5) is 4.79 Å². The van der Waals surface area contributed by atoms with Crippen molar-refractivity contribution >= 4 is 17.9 Å². The van der Waals surface area contributed by atoms with Gasteiger partial charge in [0, 0.05) is 19.0 Å². The summed E-state index contributed by atoms with van der Waals surface area (Å²) in [6, 6.07) is -0.898. The molecule has 0 bridgehead atoms. The molecule has 0 aromatic rings. The molecule has 0 aliphatic rings. The predicted molar refractivity (Wildman–Crippen MR) is 65.8 cm³/mol. The summed E-state index contributed by atoms with van der Waals surface area (Å²) < 4.78 is 0. The Hall–Kier alpha value is -1.79. The fourth-order valence-electron chi connectivity index (χ4n) is 1.25. The molecule has 0 radical (unpaired) electrons. The van der Waals surface area contributed by atoms with Gasteiger partial charge >= 0.3 is 12.0 Å². The number of carboxylic acid groups (broad SMARTS) is 1. The van der Waals surface area contributed by atoms with Gasteiger partial charge < -0.3 is 21.5 Å². The smallest absolute Gasteiger partial charge is 0.315 e. The highest BCUT2D eigenvalue weighted by molar-refractivity contribution is 5.79. The molecule has 3 amide bonds. The first kappa shape index (κ1) is 16.2. The maximum Gasteiger partial charge on any atom is 0.315 e. The fourth-order valence-corrected chi connectivity index (χ4v) is 1.25. The van der Waals surface area contributed by atoms with Gasteiger partial charge in [0.2, 0.25) is 5.91 Å². The summed E-state index contributed by atoms with van der Waals surface area (Å²) in [5.74, 6) is -1.47. The Morgan fingerprint density at radius 3 is 2.33 bits per heavy atom. The molecule has 0 aliphatic heterocycles. The number of carbonyl (C=O) groups excluding carboxylic acids is 2. The highest BCUT2D eigenvalue weighted by Gasteiger charge is 2.31. The van der Waals surface area contributed by atoms with Gasteiger partial charge in [0.05, 0.1) is 5.41 Å². The number of carboxylic acids is 1. The summed E-state index contributed by atoms with van der Waals surface area (Å²) in [4.78, 5) is 33.1. The normalized spacial score (nSPS) is 15.3. The van der Waals surface area contributed by atoms with Crippen LogP contribution in [-0.4, -0.2) is 35.6 Å². The third-order valence-corrected chi connectivity index (χ3v) is 2.82. The first-order valence-electron chi connectivity index (χ1n) is 5.77. The molecule has 104 valence electrons. The Labute approximate surface area is 106 Å². The second kappa shape index (κ2) is 6.83. The molecule has 0 fully saturated rings. The highest BCUT2D eigenvalue weighted by Crippen LogP contribution is 2.19. The summed E-state index contributed by atoms with van der Waals surface area (Å²) >= 11 is 0. The summed E-state index contributed by atoms with van der Waals surface area (Å²) in [5.41, 5.74) is 3.99. The number of rotatable bonds is 7. The number of hydrogen-bond acceptors (Lipinski definition) is 3. The molecule has 18 heavy (non-hydrogen) atoms. The third kappa shape index (κ3) is 5.51. The lowest BCUT2D eigenvalue weighted by Crippen LogP contribution is -2.47. The van der Waals surface area contributed by atoms with Crippen LogP contribution >= 0.6 is 0 Å². The molecule has 0 saturated carbocycles. The average molecular weight is 259 g/mol. The van der Waals surface area contributed by atoms with Crippen LogP contribution in [0.5, 0.6) is 0 Å². The SMILES string of the molecule is CCC(C)(CNC(=O)NC(C)CC(N)=O)C(=O)O. The quantitative estimate of drug-likeness (QED) is 0.516. The van der Waals surface area contributed by atoms with E-state index in [1.165, 1.54) is 0 Å². The maximum absolute atomic E-state index is 11.5. The minimum Gasteiger partial charge on any atom is -0.481 e. The zero-order chi connectivity index (χ0) is 14.3. The third-order valence-electron chi connectivity index (χ3n) is 2.82. The molecule has 2 unspecified atom stereocenters. The predicted octanol–water partition coefficient (Wildman–Crippen LogP) is 0.0504. The van der Waals surface area contributed by atoms with Crippen LogP contribution in [0.3, 0.4) is 0 Å². The van der Waals surface area contributed by atoms with Crippen molar-refractivity contribution in [2.45, 2.75) is 39.7 Å².